The molecule has 0 aromatic rings. The van der Waals surface area contributed by atoms with Crippen LogP contribution in [0.3, 0.4) is 0 Å². The van der Waals surface area contributed by atoms with E-state index in [0.717, 1.165) is 51.4 Å². The molecule has 0 heterocycles. The number of unbranched alkanes of at least 4 members (excludes halogenated alkanes) is 43. The standard InChI is InChI=1S/3C18H36O2.C4H10O.Zr/c3*1-2-3-4-5-6-7-8-9-10-11-12-13-14-15-16-17-18(19)20;1-2-3-4-5;/h3*2-17H2,1H3,(H,19,20);5H,2-4H2,1H3;/q;;;;+3/p-3. The largest absolute Gasteiger partial charge is 3.00 e. The van der Waals surface area contributed by atoms with Crippen molar-refractivity contribution in [1.82, 2.24) is 0 Å². The SMILES string of the molecule is CCCCCCCCCCCCCCCCCC(=O)[O-].CCCCCCCCCCCCCCCCCC(=O)[O-].CCCCCCCCCCCCCCCCCC(=O)[O-].CCCCO.[Zr+3]. The summed E-state index contributed by atoms with van der Waals surface area (Å²) in [5.74, 6) is -2.71. The molecule has 7 nitrogen and oxygen atoms in total. The fourth-order valence-electron chi connectivity index (χ4n) is 8.08. The molecule has 0 spiro atoms. The monoisotopic (exact) mass is 1010 g/mol. The Morgan fingerprint density at radius 1 is 0.242 bits per heavy atom. The van der Waals surface area contributed by atoms with E-state index < -0.39 is 17.9 Å². The number of aliphatic hydroxyl groups excluding tert-OH is 1. The van der Waals surface area contributed by atoms with Crippen LogP contribution in [0.5, 0.6) is 0 Å². The molecule has 0 fully saturated rings. The van der Waals surface area contributed by atoms with Gasteiger partial charge < -0.3 is 34.8 Å². The molecule has 0 aliphatic carbocycles. The Bertz CT molecular complexity index is 764. The summed E-state index contributed by atoms with van der Waals surface area (Å²) in [7, 11) is 0. The van der Waals surface area contributed by atoms with E-state index in [-0.39, 0.29) is 45.5 Å². The number of rotatable bonds is 50. The maximum atomic E-state index is 10.2. The second-order valence-corrected chi connectivity index (χ2v) is 19.3. The van der Waals surface area contributed by atoms with Crippen molar-refractivity contribution in [2.24, 2.45) is 0 Å². The van der Waals surface area contributed by atoms with Gasteiger partial charge in [-0.3, -0.25) is 0 Å². The van der Waals surface area contributed by atoms with Crippen LogP contribution in [0.2, 0.25) is 0 Å². The quantitative estimate of drug-likeness (QED) is 0.0598. The van der Waals surface area contributed by atoms with E-state index in [1.165, 1.54) is 250 Å². The molecule has 0 atom stereocenters. The van der Waals surface area contributed by atoms with E-state index in [4.69, 9.17) is 5.11 Å². The van der Waals surface area contributed by atoms with Crippen LogP contribution in [0.1, 0.15) is 349 Å². The number of hydrogen-bond acceptors (Lipinski definition) is 7. The number of carboxylic acid groups (broad SMARTS) is 3. The van der Waals surface area contributed by atoms with Gasteiger partial charge in [-0.15, -0.1) is 0 Å². The Kier molecular flexibility index (Phi) is 82.3. The average molecular weight is 1020 g/mol. The van der Waals surface area contributed by atoms with Crippen molar-refractivity contribution in [3.05, 3.63) is 0 Å². The molecule has 0 aliphatic heterocycles. The minimum absolute atomic E-state index is 0. The third kappa shape index (κ3) is 89.8. The van der Waals surface area contributed by atoms with Crippen LogP contribution >= 0.6 is 0 Å². The molecule has 1 radical (unpaired) electrons. The molecule has 0 amide bonds. The molecule has 0 unspecified atom stereocenters. The van der Waals surface area contributed by atoms with Crippen LogP contribution in [0.4, 0.5) is 0 Å². The molecule has 0 rings (SSSR count). The molecule has 66 heavy (non-hydrogen) atoms. The summed E-state index contributed by atoms with van der Waals surface area (Å²) in [6.45, 7) is 9.20. The predicted octanol–water partition coefficient (Wildman–Crippen LogP) is 15.8. The van der Waals surface area contributed by atoms with Crippen LogP contribution < -0.4 is 15.3 Å². The predicted molar refractivity (Wildman–Crippen MR) is 276 cm³/mol. The Labute approximate surface area is 431 Å². The van der Waals surface area contributed by atoms with Crippen molar-refractivity contribution in [2.75, 3.05) is 6.61 Å². The van der Waals surface area contributed by atoms with Crippen molar-refractivity contribution in [2.45, 2.75) is 349 Å². The zero-order valence-corrected chi connectivity index (χ0v) is 47.4. The number of carboxylic acids is 3. The summed E-state index contributed by atoms with van der Waals surface area (Å²) in [6, 6.07) is 0. The maximum Gasteiger partial charge on any atom is 3.00 e. The third-order valence-corrected chi connectivity index (χ3v) is 12.5. The molecule has 0 aromatic carbocycles. The first kappa shape index (κ1) is 74.2. The number of aliphatic hydroxyl groups is 1. The number of aliphatic carboxylic acids is 3. The maximum absolute atomic E-state index is 10.2. The summed E-state index contributed by atoms with van der Waals surface area (Å²) in [5.41, 5.74) is 0. The van der Waals surface area contributed by atoms with Gasteiger partial charge in [0.15, 0.2) is 0 Å². The van der Waals surface area contributed by atoms with E-state index in [1.54, 1.807) is 0 Å². The number of carbonyl (C=O) groups is 3. The van der Waals surface area contributed by atoms with Gasteiger partial charge in [0.25, 0.3) is 0 Å². The number of carbonyl (C=O) groups excluding carboxylic acids is 3. The molecule has 0 saturated carbocycles. The zero-order chi connectivity index (χ0) is 48.8. The summed E-state index contributed by atoms with van der Waals surface area (Å²) in [6.07, 6.45) is 61.6. The second kappa shape index (κ2) is 73.2. The van der Waals surface area contributed by atoms with Gasteiger partial charge in [0.05, 0.1) is 0 Å². The van der Waals surface area contributed by atoms with Gasteiger partial charge in [-0.05, 0) is 44.9 Å². The molecule has 0 bridgehead atoms. The van der Waals surface area contributed by atoms with Crippen LogP contribution in [-0.4, -0.2) is 29.6 Å². The van der Waals surface area contributed by atoms with E-state index in [1.807, 2.05) is 0 Å². The smallest absolute Gasteiger partial charge is 0.550 e. The summed E-state index contributed by atoms with van der Waals surface area (Å²) in [4.78, 5) is 30.7. The van der Waals surface area contributed by atoms with Crippen LogP contribution in [0.15, 0.2) is 0 Å². The molecular formula is C58H115O7Zr. The third-order valence-electron chi connectivity index (χ3n) is 12.5. The first-order chi connectivity index (χ1) is 31.7. The molecule has 0 saturated heterocycles. The summed E-state index contributed by atoms with van der Waals surface area (Å²) in [5, 5.41) is 38.7. The Balaban J connectivity index is -0.000000265. The van der Waals surface area contributed by atoms with Crippen molar-refractivity contribution < 1.29 is 61.0 Å². The first-order valence-electron chi connectivity index (χ1n) is 28.9. The summed E-state index contributed by atoms with van der Waals surface area (Å²) < 4.78 is 0. The minimum atomic E-state index is -0.903. The molecular weight excluding hydrogens is 900 g/mol. The number of hydrogen-bond donors (Lipinski definition) is 1. The van der Waals surface area contributed by atoms with E-state index >= 15 is 0 Å². The molecule has 393 valence electrons. The van der Waals surface area contributed by atoms with Crippen molar-refractivity contribution in [3.63, 3.8) is 0 Å². The Morgan fingerprint density at radius 3 is 0.455 bits per heavy atom. The Hall–Kier alpha value is -0.747. The normalized spacial score (nSPS) is 10.5. The van der Waals surface area contributed by atoms with Crippen molar-refractivity contribution >= 4 is 17.9 Å². The van der Waals surface area contributed by atoms with Crippen LogP contribution in [-0.2, 0) is 40.6 Å². The fraction of sp³-hybridized carbons (Fsp3) is 0.948. The fourth-order valence-corrected chi connectivity index (χ4v) is 8.08. The van der Waals surface area contributed by atoms with Gasteiger partial charge >= 0.3 is 26.2 Å². The first-order valence-corrected chi connectivity index (χ1v) is 28.9. The van der Waals surface area contributed by atoms with Gasteiger partial charge in [0, 0.05) is 24.5 Å². The van der Waals surface area contributed by atoms with Gasteiger partial charge in [-0.25, -0.2) is 0 Å². The average Bonchev–Trinajstić information content (AvgIpc) is 3.28. The minimum Gasteiger partial charge on any atom is -0.550 e. The molecule has 0 aliphatic rings. The van der Waals surface area contributed by atoms with Crippen LogP contribution in [0.25, 0.3) is 0 Å². The van der Waals surface area contributed by atoms with E-state index in [9.17, 15) is 29.7 Å². The summed E-state index contributed by atoms with van der Waals surface area (Å²) >= 11 is 0. The van der Waals surface area contributed by atoms with Crippen molar-refractivity contribution in [3.8, 4) is 0 Å². The van der Waals surface area contributed by atoms with E-state index in [0.29, 0.717) is 6.61 Å². The van der Waals surface area contributed by atoms with Gasteiger partial charge in [-0.1, -0.05) is 304 Å². The van der Waals surface area contributed by atoms with Gasteiger partial charge in [-0.2, -0.15) is 0 Å². The van der Waals surface area contributed by atoms with Crippen LogP contribution in [0, 0.1) is 0 Å². The zero-order valence-electron chi connectivity index (χ0n) is 45.0. The molecule has 1 N–H and O–H groups in total. The Morgan fingerprint density at radius 2 is 0.364 bits per heavy atom. The molecule has 0 aromatic heterocycles. The van der Waals surface area contributed by atoms with Gasteiger partial charge in [0.2, 0.25) is 0 Å². The van der Waals surface area contributed by atoms with Gasteiger partial charge in [0.1, 0.15) is 0 Å². The van der Waals surface area contributed by atoms with Crippen molar-refractivity contribution in [1.29, 1.82) is 0 Å². The molecule has 8 heteroatoms. The van der Waals surface area contributed by atoms with E-state index in [2.05, 4.69) is 27.7 Å². The topological polar surface area (TPSA) is 141 Å². The second-order valence-electron chi connectivity index (χ2n) is 19.3.